The van der Waals surface area contributed by atoms with Gasteiger partial charge in [0.15, 0.2) is 0 Å². The molecule has 0 bridgehead atoms. The van der Waals surface area contributed by atoms with E-state index in [1.807, 2.05) is 0 Å². The lowest BCUT2D eigenvalue weighted by Crippen LogP contribution is -2.18. The Kier molecular flexibility index (Phi) is 4.20. The molecule has 0 saturated carbocycles. The summed E-state index contributed by atoms with van der Waals surface area (Å²) in [6.45, 7) is 0. The van der Waals surface area contributed by atoms with Crippen molar-refractivity contribution in [2.75, 3.05) is 5.88 Å². The molecule has 1 rings (SSSR count). The number of alkyl halides is 1. The van der Waals surface area contributed by atoms with E-state index in [4.69, 9.17) is 11.6 Å². The van der Waals surface area contributed by atoms with Crippen molar-refractivity contribution in [3.8, 4) is 11.5 Å². The molecule has 4 N–H and O–H groups in total. The van der Waals surface area contributed by atoms with Crippen LogP contribution < -0.4 is 0 Å². The van der Waals surface area contributed by atoms with Crippen LogP contribution in [0.5, 0.6) is 11.5 Å². The minimum Gasteiger partial charge on any atom is -0.507 e. The van der Waals surface area contributed by atoms with Crippen molar-refractivity contribution < 1.29 is 20.4 Å². The van der Waals surface area contributed by atoms with Crippen molar-refractivity contribution in [3.63, 3.8) is 0 Å². The van der Waals surface area contributed by atoms with Gasteiger partial charge in [-0.1, -0.05) is 6.07 Å². The highest BCUT2D eigenvalue weighted by Crippen LogP contribution is 2.34. The summed E-state index contributed by atoms with van der Waals surface area (Å²) >= 11 is 5.41. The molecule has 1 aromatic rings. The summed E-state index contributed by atoms with van der Waals surface area (Å²) in [4.78, 5) is 0. The third-order valence-corrected chi connectivity index (χ3v) is 2.34. The average Bonchev–Trinajstić information content (AvgIpc) is 2.17. The SMILES string of the molecule is Oc1cccc(O)c1C(O)C(O)CCCl. The molecular weight excluding hydrogens is 220 g/mol. The lowest BCUT2D eigenvalue weighted by Gasteiger charge is -2.18. The van der Waals surface area contributed by atoms with E-state index in [1.54, 1.807) is 0 Å². The maximum absolute atomic E-state index is 9.65. The zero-order valence-corrected chi connectivity index (χ0v) is 8.72. The van der Waals surface area contributed by atoms with Gasteiger partial charge in [0.05, 0.1) is 11.7 Å². The topological polar surface area (TPSA) is 80.9 Å². The Morgan fingerprint density at radius 1 is 1.13 bits per heavy atom. The largest absolute Gasteiger partial charge is 0.507 e. The fourth-order valence-corrected chi connectivity index (χ4v) is 1.53. The van der Waals surface area contributed by atoms with Crippen molar-refractivity contribution in [2.24, 2.45) is 0 Å². The molecule has 1 aromatic carbocycles. The van der Waals surface area contributed by atoms with Crippen LogP contribution in [0.15, 0.2) is 18.2 Å². The average molecular weight is 233 g/mol. The van der Waals surface area contributed by atoms with Crippen LogP contribution in [0.2, 0.25) is 0 Å². The Hall–Kier alpha value is -0.970. The van der Waals surface area contributed by atoms with E-state index in [1.165, 1.54) is 18.2 Å². The Morgan fingerprint density at radius 2 is 1.67 bits per heavy atom. The van der Waals surface area contributed by atoms with Crippen LogP contribution in [0.1, 0.15) is 18.1 Å². The van der Waals surface area contributed by atoms with Gasteiger partial charge in [-0.3, -0.25) is 0 Å². The number of phenols is 2. The number of hydrogen-bond donors (Lipinski definition) is 4. The second-order valence-corrected chi connectivity index (χ2v) is 3.58. The molecule has 2 atom stereocenters. The van der Waals surface area contributed by atoms with Gasteiger partial charge in [0.2, 0.25) is 0 Å². The number of benzene rings is 1. The molecule has 0 heterocycles. The molecule has 0 saturated heterocycles. The molecule has 0 aromatic heterocycles. The second-order valence-electron chi connectivity index (χ2n) is 3.20. The lowest BCUT2D eigenvalue weighted by molar-refractivity contribution is 0.0143. The molecule has 15 heavy (non-hydrogen) atoms. The standard InChI is InChI=1S/C10H13ClO4/c11-5-4-8(14)10(15)9-6(12)2-1-3-7(9)13/h1-3,8,10,12-15H,4-5H2. The first-order valence-electron chi connectivity index (χ1n) is 4.51. The van der Waals surface area contributed by atoms with Crippen LogP contribution in [-0.4, -0.2) is 32.4 Å². The molecule has 0 spiro atoms. The van der Waals surface area contributed by atoms with Crippen molar-refractivity contribution >= 4 is 11.6 Å². The van der Waals surface area contributed by atoms with E-state index >= 15 is 0 Å². The van der Waals surface area contributed by atoms with Gasteiger partial charge in [0.25, 0.3) is 0 Å². The first-order chi connectivity index (χ1) is 7.07. The minimum absolute atomic E-state index is 0.0740. The first kappa shape index (κ1) is 12.1. The quantitative estimate of drug-likeness (QED) is 0.587. The highest BCUT2D eigenvalue weighted by molar-refractivity contribution is 6.17. The van der Waals surface area contributed by atoms with E-state index in [0.717, 1.165) is 0 Å². The number of hydrogen-bond acceptors (Lipinski definition) is 4. The molecule has 0 radical (unpaired) electrons. The highest BCUT2D eigenvalue weighted by Gasteiger charge is 2.23. The molecule has 5 heteroatoms. The molecule has 0 fully saturated rings. The van der Waals surface area contributed by atoms with E-state index in [0.29, 0.717) is 0 Å². The maximum Gasteiger partial charge on any atom is 0.125 e. The number of halogens is 1. The van der Waals surface area contributed by atoms with Gasteiger partial charge in [-0.05, 0) is 18.6 Å². The molecule has 2 unspecified atom stereocenters. The summed E-state index contributed by atoms with van der Waals surface area (Å²) in [5.41, 5.74) is -0.0740. The fourth-order valence-electron chi connectivity index (χ4n) is 1.31. The number of aliphatic hydroxyl groups is 2. The third kappa shape index (κ3) is 2.75. The summed E-state index contributed by atoms with van der Waals surface area (Å²) in [6, 6.07) is 4.09. The number of phenolic OH excluding ortho intramolecular Hbond substituents is 2. The molecule has 0 amide bonds. The Morgan fingerprint density at radius 3 is 2.13 bits per heavy atom. The smallest absolute Gasteiger partial charge is 0.125 e. The van der Waals surface area contributed by atoms with Crippen LogP contribution in [0.4, 0.5) is 0 Å². The normalized spacial score (nSPS) is 14.9. The number of aliphatic hydroxyl groups excluding tert-OH is 2. The zero-order valence-electron chi connectivity index (χ0n) is 7.97. The lowest BCUT2D eigenvalue weighted by atomic mass is 10.0. The van der Waals surface area contributed by atoms with Gasteiger partial charge >= 0.3 is 0 Å². The van der Waals surface area contributed by atoms with Crippen LogP contribution in [-0.2, 0) is 0 Å². The van der Waals surface area contributed by atoms with Crippen LogP contribution >= 0.6 is 11.6 Å². The summed E-state index contributed by atoms with van der Waals surface area (Å²) in [5, 5.41) is 37.9. The minimum atomic E-state index is -1.34. The highest BCUT2D eigenvalue weighted by atomic mass is 35.5. The van der Waals surface area contributed by atoms with Crippen molar-refractivity contribution in [2.45, 2.75) is 18.6 Å². The number of rotatable bonds is 4. The van der Waals surface area contributed by atoms with Crippen molar-refractivity contribution in [3.05, 3.63) is 23.8 Å². The number of aromatic hydroxyl groups is 2. The summed E-state index contributed by atoms with van der Waals surface area (Å²) in [7, 11) is 0. The predicted octanol–water partition coefficient (Wildman–Crippen LogP) is 1.12. The van der Waals surface area contributed by atoms with Crippen LogP contribution in [0.25, 0.3) is 0 Å². The monoisotopic (exact) mass is 232 g/mol. The molecule has 0 aliphatic rings. The fraction of sp³-hybridized carbons (Fsp3) is 0.400. The second kappa shape index (κ2) is 5.21. The van der Waals surface area contributed by atoms with E-state index < -0.39 is 12.2 Å². The molecule has 0 aliphatic carbocycles. The molecule has 0 aliphatic heterocycles. The van der Waals surface area contributed by atoms with Gasteiger partial charge < -0.3 is 20.4 Å². The van der Waals surface area contributed by atoms with Crippen molar-refractivity contribution in [1.29, 1.82) is 0 Å². The summed E-state index contributed by atoms with van der Waals surface area (Å²) < 4.78 is 0. The maximum atomic E-state index is 9.65. The van der Waals surface area contributed by atoms with Gasteiger partial charge in [0.1, 0.15) is 17.6 Å². The Balaban J connectivity index is 2.94. The van der Waals surface area contributed by atoms with Gasteiger partial charge in [0, 0.05) is 5.88 Å². The molecular formula is C10H13ClO4. The van der Waals surface area contributed by atoms with Gasteiger partial charge in [-0.15, -0.1) is 11.6 Å². The Labute approximate surface area is 92.4 Å². The van der Waals surface area contributed by atoms with Crippen LogP contribution in [0, 0.1) is 0 Å². The summed E-state index contributed by atoms with van der Waals surface area (Å²) in [5.74, 6) is -0.320. The van der Waals surface area contributed by atoms with Gasteiger partial charge in [-0.25, -0.2) is 0 Å². The predicted molar refractivity (Wildman–Crippen MR) is 56.1 cm³/mol. The molecule has 84 valence electrons. The van der Waals surface area contributed by atoms with Crippen molar-refractivity contribution in [1.82, 2.24) is 0 Å². The first-order valence-corrected chi connectivity index (χ1v) is 5.04. The van der Waals surface area contributed by atoms with E-state index in [9.17, 15) is 20.4 Å². The summed E-state index contributed by atoms with van der Waals surface area (Å²) in [6.07, 6.45) is -2.28. The third-order valence-electron chi connectivity index (χ3n) is 2.13. The van der Waals surface area contributed by atoms with E-state index in [-0.39, 0.29) is 29.4 Å². The zero-order chi connectivity index (χ0) is 11.4. The Bertz CT molecular complexity index is 309. The van der Waals surface area contributed by atoms with Crippen LogP contribution in [0.3, 0.4) is 0 Å². The molecule has 4 nitrogen and oxygen atoms in total. The van der Waals surface area contributed by atoms with E-state index in [2.05, 4.69) is 0 Å². The van der Waals surface area contributed by atoms with Gasteiger partial charge in [-0.2, -0.15) is 0 Å².